The van der Waals surface area contributed by atoms with Crippen LogP contribution < -0.4 is 10.6 Å². The van der Waals surface area contributed by atoms with Crippen molar-refractivity contribution in [3.63, 3.8) is 0 Å². The lowest BCUT2D eigenvalue weighted by Crippen LogP contribution is -2.54. The van der Waals surface area contributed by atoms with Crippen molar-refractivity contribution >= 4 is 23.9 Å². The second-order valence-electron chi connectivity index (χ2n) is 9.61. The van der Waals surface area contributed by atoms with Gasteiger partial charge in [0.1, 0.15) is 17.7 Å². The quantitative estimate of drug-likeness (QED) is 0.321. The van der Waals surface area contributed by atoms with Crippen molar-refractivity contribution < 1.29 is 33.8 Å². The molecule has 3 N–H and O–H groups in total. The second-order valence-corrected chi connectivity index (χ2v) is 9.61. The predicted octanol–water partition coefficient (Wildman–Crippen LogP) is 2.87. The van der Waals surface area contributed by atoms with Crippen molar-refractivity contribution in [1.29, 1.82) is 0 Å². The molecule has 37 heavy (non-hydrogen) atoms. The molecule has 1 aromatic carbocycles. The summed E-state index contributed by atoms with van der Waals surface area (Å²) in [5.41, 5.74) is 0.845. The van der Waals surface area contributed by atoms with Crippen molar-refractivity contribution in [2.75, 3.05) is 26.3 Å². The molecule has 0 saturated carbocycles. The molecule has 0 saturated heterocycles. The first-order chi connectivity index (χ1) is 17.5. The van der Waals surface area contributed by atoms with Crippen LogP contribution in [0.3, 0.4) is 0 Å². The fourth-order valence-electron chi connectivity index (χ4n) is 3.56. The Morgan fingerprint density at radius 2 is 1.70 bits per heavy atom. The molecule has 1 rings (SSSR count). The molecule has 0 spiro atoms. The number of carbonyl (C=O) groups is 4. The van der Waals surface area contributed by atoms with Crippen molar-refractivity contribution in [1.82, 2.24) is 15.5 Å². The number of carbonyl (C=O) groups excluding carboxylic acids is 4. The molecule has 0 aliphatic rings. The van der Waals surface area contributed by atoms with E-state index in [2.05, 4.69) is 10.6 Å². The summed E-state index contributed by atoms with van der Waals surface area (Å²) >= 11 is 0. The Labute approximate surface area is 220 Å². The number of aliphatic hydroxyl groups excluding tert-OH is 1. The highest BCUT2D eigenvalue weighted by molar-refractivity contribution is 5.92. The summed E-state index contributed by atoms with van der Waals surface area (Å²) in [5.74, 6) is -1.54. The third kappa shape index (κ3) is 11.2. The zero-order valence-electron chi connectivity index (χ0n) is 23.0. The Bertz CT molecular complexity index is 881. The average Bonchev–Trinajstić information content (AvgIpc) is 2.83. The maximum absolute atomic E-state index is 13.6. The smallest absolute Gasteiger partial charge is 0.408 e. The number of amides is 3. The zero-order chi connectivity index (χ0) is 28.0. The highest BCUT2D eigenvalue weighted by Crippen LogP contribution is 2.24. The standard InChI is InChI=1S/C27H43N3O7/c1-7-10-17-30(25(34)21(18-31)29-26(35)37-27(4,5)6)23(20-13-11-19(8-2)12-14-20)24(33)28-16-15-22(32)36-9-3/h11-14,21,23,31H,7-10,15-18H2,1-6H3,(H,28,33)(H,29,35). The Morgan fingerprint density at radius 1 is 1.05 bits per heavy atom. The molecule has 1 aromatic rings. The van der Waals surface area contributed by atoms with E-state index in [1.54, 1.807) is 39.8 Å². The maximum Gasteiger partial charge on any atom is 0.408 e. The van der Waals surface area contributed by atoms with Crippen LogP contribution >= 0.6 is 0 Å². The van der Waals surface area contributed by atoms with Crippen LogP contribution in [0.2, 0.25) is 0 Å². The van der Waals surface area contributed by atoms with Gasteiger partial charge in [0.15, 0.2) is 0 Å². The third-order valence-corrected chi connectivity index (χ3v) is 5.40. The largest absolute Gasteiger partial charge is 0.466 e. The second kappa shape index (κ2) is 15.9. The maximum atomic E-state index is 13.6. The Hall–Kier alpha value is -3.14. The van der Waals surface area contributed by atoms with Crippen LogP contribution in [0.5, 0.6) is 0 Å². The first kappa shape index (κ1) is 31.9. The number of aliphatic hydroxyl groups is 1. The zero-order valence-corrected chi connectivity index (χ0v) is 23.0. The average molecular weight is 522 g/mol. The molecule has 0 fully saturated rings. The number of hydrogen-bond acceptors (Lipinski definition) is 7. The summed E-state index contributed by atoms with van der Waals surface area (Å²) in [6.07, 6.45) is 1.29. The Kier molecular flexibility index (Phi) is 13.7. The van der Waals surface area contributed by atoms with E-state index in [0.717, 1.165) is 18.4 Å². The van der Waals surface area contributed by atoms with Crippen LogP contribution in [0.15, 0.2) is 24.3 Å². The van der Waals surface area contributed by atoms with E-state index in [9.17, 15) is 24.3 Å². The predicted molar refractivity (Wildman–Crippen MR) is 140 cm³/mol. The number of alkyl carbamates (subject to hydrolysis) is 1. The summed E-state index contributed by atoms with van der Waals surface area (Å²) in [5, 5.41) is 15.1. The normalized spacial score (nSPS) is 12.7. The molecule has 2 atom stereocenters. The van der Waals surface area contributed by atoms with Crippen LogP contribution in [-0.2, 0) is 30.3 Å². The Morgan fingerprint density at radius 3 is 2.22 bits per heavy atom. The van der Waals surface area contributed by atoms with E-state index < -0.39 is 48.2 Å². The highest BCUT2D eigenvalue weighted by atomic mass is 16.6. The van der Waals surface area contributed by atoms with Crippen LogP contribution in [0, 0.1) is 0 Å². The molecule has 10 heteroatoms. The molecular weight excluding hydrogens is 478 g/mol. The summed E-state index contributed by atoms with van der Waals surface area (Å²) < 4.78 is 10.2. The molecule has 0 radical (unpaired) electrons. The van der Waals surface area contributed by atoms with Crippen molar-refractivity contribution in [2.45, 2.75) is 84.9 Å². The molecule has 208 valence electrons. The number of ether oxygens (including phenoxy) is 2. The number of nitrogens with zero attached hydrogens (tertiary/aromatic N) is 1. The van der Waals surface area contributed by atoms with Gasteiger partial charge in [-0.3, -0.25) is 14.4 Å². The summed E-state index contributed by atoms with van der Waals surface area (Å²) in [6.45, 7) is 10.6. The fraction of sp³-hybridized carbons (Fsp3) is 0.630. The van der Waals surface area contributed by atoms with Gasteiger partial charge in [0.25, 0.3) is 0 Å². The number of aryl methyl sites for hydroxylation is 1. The summed E-state index contributed by atoms with van der Waals surface area (Å²) in [4.78, 5) is 52.5. The lowest BCUT2D eigenvalue weighted by atomic mass is 10.00. The van der Waals surface area contributed by atoms with Gasteiger partial charge in [0, 0.05) is 13.1 Å². The van der Waals surface area contributed by atoms with Gasteiger partial charge in [-0.05, 0) is 51.7 Å². The van der Waals surface area contributed by atoms with Crippen LogP contribution in [0.25, 0.3) is 0 Å². The minimum absolute atomic E-state index is 0.0105. The van der Waals surface area contributed by atoms with E-state index >= 15 is 0 Å². The molecule has 0 aliphatic heterocycles. The van der Waals surface area contributed by atoms with E-state index in [0.29, 0.717) is 12.0 Å². The van der Waals surface area contributed by atoms with Gasteiger partial charge in [-0.15, -0.1) is 0 Å². The number of nitrogens with one attached hydrogen (secondary N) is 2. The lowest BCUT2D eigenvalue weighted by molar-refractivity contribution is -0.144. The van der Waals surface area contributed by atoms with Gasteiger partial charge in [0.2, 0.25) is 11.8 Å². The third-order valence-electron chi connectivity index (χ3n) is 5.40. The van der Waals surface area contributed by atoms with Gasteiger partial charge in [-0.25, -0.2) is 4.79 Å². The minimum Gasteiger partial charge on any atom is -0.466 e. The molecule has 0 heterocycles. The monoisotopic (exact) mass is 521 g/mol. The van der Waals surface area contributed by atoms with Crippen LogP contribution in [0.4, 0.5) is 4.79 Å². The number of esters is 1. The van der Waals surface area contributed by atoms with E-state index in [1.165, 1.54) is 4.90 Å². The van der Waals surface area contributed by atoms with E-state index in [1.807, 2.05) is 26.0 Å². The molecule has 2 unspecified atom stereocenters. The minimum atomic E-state index is -1.31. The van der Waals surface area contributed by atoms with E-state index in [-0.39, 0.29) is 26.1 Å². The molecule has 10 nitrogen and oxygen atoms in total. The van der Waals surface area contributed by atoms with Crippen LogP contribution in [0.1, 0.15) is 78.0 Å². The fourth-order valence-corrected chi connectivity index (χ4v) is 3.56. The van der Waals surface area contributed by atoms with Crippen molar-refractivity contribution in [2.24, 2.45) is 0 Å². The first-order valence-electron chi connectivity index (χ1n) is 12.9. The molecule has 0 aromatic heterocycles. The van der Waals surface area contributed by atoms with Crippen LogP contribution in [-0.4, -0.2) is 71.8 Å². The van der Waals surface area contributed by atoms with Gasteiger partial charge in [0.05, 0.1) is 19.6 Å². The van der Waals surface area contributed by atoms with Crippen molar-refractivity contribution in [3.8, 4) is 0 Å². The number of rotatable bonds is 14. The lowest BCUT2D eigenvalue weighted by Gasteiger charge is -2.34. The summed E-state index contributed by atoms with van der Waals surface area (Å²) in [7, 11) is 0. The van der Waals surface area contributed by atoms with Gasteiger partial charge in [-0.2, -0.15) is 0 Å². The van der Waals surface area contributed by atoms with E-state index in [4.69, 9.17) is 9.47 Å². The summed E-state index contributed by atoms with van der Waals surface area (Å²) in [6, 6.07) is 5.00. The first-order valence-corrected chi connectivity index (χ1v) is 12.9. The van der Waals surface area contributed by atoms with Gasteiger partial charge >= 0.3 is 12.1 Å². The Balaban J connectivity index is 3.30. The van der Waals surface area contributed by atoms with Gasteiger partial charge < -0.3 is 30.1 Å². The molecule has 0 aliphatic carbocycles. The highest BCUT2D eigenvalue weighted by Gasteiger charge is 2.35. The number of unbranched alkanes of at least 4 members (excludes halogenated alkanes) is 1. The van der Waals surface area contributed by atoms with Crippen molar-refractivity contribution in [3.05, 3.63) is 35.4 Å². The number of hydrogen-bond donors (Lipinski definition) is 3. The topological polar surface area (TPSA) is 134 Å². The molecule has 3 amide bonds. The number of benzene rings is 1. The molecular formula is C27H43N3O7. The SMILES string of the molecule is CCCCN(C(=O)C(CO)NC(=O)OC(C)(C)C)C(C(=O)NCCC(=O)OCC)c1ccc(CC)cc1. The van der Waals surface area contributed by atoms with Gasteiger partial charge in [-0.1, -0.05) is 44.5 Å². The molecule has 0 bridgehead atoms.